The lowest BCUT2D eigenvalue weighted by Crippen LogP contribution is -2.41. The average molecular weight is 256 g/mol. The molecular weight excluding hydrogens is 224 g/mol. The number of rotatable bonds is 7. The highest BCUT2D eigenvalue weighted by molar-refractivity contribution is 5.76. The molecule has 108 valence electrons. The largest absolute Gasteiger partial charge is 0.352 e. The van der Waals surface area contributed by atoms with E-state index in [1.807, 2.05) is 0 Å². The van der Waals surface area contributed by atoms with Gasteiger partial charge >= 0.3 is 0 Å². The fraction of sp³-hybridized carbons (Fsp3) is 0.933. The highest BCUT2D eigenvalue weighted by Crippen LogP contribution is 2.25. The smallest absolute Gasteiger partial charge is 0.220 e. The summed E-state index contributed by atoms with van der Waals surface area (Å²) in [7, 11) is 0. The molecule has 0 radical (unpaired) electrons. The third-order valence-electron chi connectivity index (χ3n) is 2.90. The van der Waals surface area contributed by atoms with Gasteiger partial charge in [0.15, 0.2) is 0 Å². The van der Waals surface area contributed by atoms with Crippen molar-refractivity contribution in [1.82, 2.24) is 5.32 Å². The Hall–Kier alpha value is -0.570. The van der Waals surface area contributed by atoms with Crippen LogP contribution < -0.4 is 11.1 Å². The molecule has 0 aliphatic carbocycles. The Morgan fingerprint density at radius 3 is 2.17 bits per heavy atom. The maximum Gasteiger partial charge on any atom is 0.220 e. The number of hydrogen-bond donors (Lipinski definition) is 2. The van der Waals surface area contributed by atoms with Crippen LogP contribution in [0.5, 0.6) is 0 Å². The third kappa shape index (κ3) is 9.46. The Morgan fingerprint density at radius 2 is 1.78 bits per heavy atom. The van der Waals surface area contributed by atoms with Crippen molar-refractivity contribution in [2.45, 2.75) is 66.8 Å². The lowest BCUT2D eigenvalue weighted by Gasteiger charge is -2.24. The van der Waals surface area contributed by atoms with E-state index in [1.54, 1.807) is 0 Å². The fourth-order valence-corrected chi connectivity index (χ4v) is 2.50. The molecule has 0 bridgehead atoms. The van der Waals surface area contributed by atoms with E-state index in [1.165, 1.54) is 0 Å². The van der Waals surface area contributed by atoms with Crippen LogP contribution in [0.4, 0.5) is 0 Å². The Labute approximate surface area is 113 Å². The summed E-state index contributed by atoms with van der Waals surface area (Å²) in [6.45, 7) is 13.6. The molecule has 0 saturated carbocycles. The van der Waals surface area contributed by atoms with Gasteiger partial charge in [-0.3, -0.25) is 4.79 Å². The first-order valence-electron chi connectivity index (χ1n) is 7.13. The predicted octanol–water partition coefficient (Wildman–Crippen LogP) is 2.94. The minimum Gasteiger partial charge on any atom is -0.352 e. The molecule has 3 N–H and O–H groups in total. The molecule has 2 atom stereocenters. The molecule has 0 aromatic heterocycles. The Balaban J connectivity index is 4.08. The first kappa shape index (κ1) is 17.4. The van der Waals surface area contributed by atoms with Gasteiger partial charge in [0.25, 0.3) is 0 Å². The highest BCUT2D eigenvalue weighted by atomic mass is 16.1. The molecule has 3 nitrogen and oxygen atoms in total. The van der Waals surface area contributed by atoms with Crippen LogP contribution in [0.2, 0.25) is 0 Å². The second-order valence-corrected chi connectivity index (χ2v) is 7.20. The molecule has 0 rings (SSSR count). The van der Waals surface area contributed by atoms with Gasteiger partial charge in [0, 0.05) is 19.0 Å². The Kier molecular flexibility index (Phi) is 7.53. The summed E-state index contributed by atoms with van der Waals surface area (Å²) in [5.41, 5.74) is 5.97. The molecule has 0 spiro atoms. The van der Waals surface area contributed by atoms with E-state index in [9.17, 15) is 4.79 Å². The monoisotopic (exact) mass is 256 g/mol. The number of nitrogens with two attached hydrogens (primary N) is 1. The van der Waals surface area contributed by atoms with Gasteiger partial charge < -0.3 is 11.1 Å². The molecule has 0 heterocycles. The van der Waals surface area contributed by atoms with E-state index in [-0.39, 0.29) is 17.4 Å². The highest BCUT2D eigenvalue weighted by Gasteiger charge is 2.19. The van der Waals surface area contributed by atoms with Gasteiger partial charge in [-0.2, -0.15) is 0 Å². The molecule has 0 aliphatic heterocycles. The van der Waals surface area contributed by atoms with Crippen molar-refractivity contribution in [3.05, 3.63) is 0 Å². The predicted molar refractivity (Wildman–Crippen MR) is 78.3 cm³/mol. The number of nitrogens with one attached hydrogen (secondary N) is 1. The summed E-state index contributed by atoms with van der Waals surface area (Å²) in [5.74, 6) is 1.12. The molecule has 0 fully saturated rings. The zero-order valence-corrected chi connectivity index (χ0v) is 13.0. The van der Waals surface area contributed by atoms with Crippen molar-refractivity contribution < 1.29 is 4.79 Å². The van der Waals surface area contributed by atoms with Crippen LogP contribution in [-0.4, -0.2) is 18.5 Å². The van der Waals surface area contributed by atoms with Crippen LogP contribution in [0, 0.1) is 17.3 Å². The average Bonchev–Trinajstić information content (AvgIpc) is 2.12. The number of carbonyl (C=O) groups excluding carboxylic acids is 1. The zero-order chi connectivity index (χ0) is 14.3. The van der Waals surface area contributed by atoms with Gasteiger partial charge in [-0.1, -0.05) is 41.5 Å². The normalized spacial score (nSPS) is 15.6. The van der Waals surface area contributed by atoms with Crippen molar-refractivity contribution in [3.8, 4) is 0 Å². The van der Waals surface area contributed by atoms with E-state index in [0.717, 1.165) is 12.8 Å². The SMILES string of the molecule is CC(C)CC(CN)NC(=O)CC(C)CC(C)(C)C. The van der Waals surface area contributed by atoms with Crippen molar-refractivity contribution in [3.63, 3.8) is 0 Å². The summed E-state index contributed by atoms with van der Waals surface area (Å²) >= 11 is 0. The van der Waals surface area contributed by atoms with Gasteiger partial charge in [0.05, 0.1) is 0 Å². The Bertz CT molecular complexity index is 243. The van der Waals surface area contributed by atoms with Gasteiger partial charge in [0.2, 0.25) is 5.91 Å². The first-order chi connectivity index (χ1) is 8.14. The standard InChI is InChI=1S/C15H32N2O/c1-11(2)7-13(10-16)17-14(18)8-12(3)9-15(4,5)6/h11-13H,7-10,16H2,1-6H3,(H,17,18). The van der Waals surface area contributed by atoms with Gasteiger partial charge in [0.1, 0.15) is 0 Å². The van der Waals surface area contributed by atoms with Crippen LogP contribution in [0.15, 0.2) is 0 Å². The number of amides is 1. The summed E-state index contributed by atoms with van der Waals surface area (Å²) in [6, 6.07) is 0.124. The molecule has 0 aromatic rings. The minimum absolute atomic E-state index is 0.124. The summed E-state index contributed by atoms with van der Waals surface area (Å²) in [5, 5.41) is 3.05. The van der Waals surface area contributed by atoms with E-state index < -0.39 is 0 Å². The van der Waals surface area contributed by atoms with Gasteiger partial charge in [-0.05, 0) is 30.1 Å². The number of carbonyl (C=O) groups is 1. The molecule has 0 saturated heterocycles. The number of hydrogen-bond acceptors (Lipinski definition) is 2. The molecule has 18 heavy (non-hydrogen) atoms. The van der Waals surface area contributed by atoms with Crippen LogP contribution in [-0.2, 0) is 4.79 Å². The lowest BCUT2D eigenvalue weighted by molar-refractivity contribution is -0.122. The molecule has 1 amide bonds. The summed E-state index contributed by atoms with van der Waals surface area (Å²) in [6.07, 6.45) is 2.62. The van der Waals surface area contributed by atoms with Crippen molar-refractivity contribution in [2.24, 2.45) is 23.0 Å². The summed E-state index contributed by atoms with van der Waals surface area (Å²) < 4.78 is 0. The maximum absolute atomic E-state index is 11.9. The van der Waals surface area contributed by atoms with Gasteiger partial charge in [-0.15, -0.1) is 0 Å². The van der Waals surface area contributed by atoms with Crippen LogP contribution in [0.3, 0.4) is 0 Å². The van der Waals surface area contributed by atoms with E-state index >= 15 is 0 Å². The van der Waals surface area contributed by atoms with Gasteiger partial charge in [-0.25, -0.2) is 0 Å². The van der Waals surface area contributed by atoms with Crippen molar-refractivity contribution in [1.29, 1.82) is 0 Å². The summed E-state index contributed by atoms with van der Waals surface area (Å²) in [4.78, 5) is 11.9. The first-order valence-corrected chi connectivity index (χ1v) is 7.13. The minimum atomic E-state index is 0.124. The molecule has 3 heteroatoms. The van der Waals surface area contributed by atoms with E-state index in [0.29, 0.717) is 24.8 Å². The molecular formula is C15H32N2O. The van der Waals surface area contributed by atoms with E-state index in [2.05, 4.69) is 46.9 Å². The molecule has 0 aliphatic rings. The molecule has 0 aromatic carbocycles. The second-order valence-electron chi connectivity index (χ2n) is 7.20. The Morgan fingerprint density at radius 1 is 1.22 bits per heavy atom. The van der Waals surface area contributed by atoms with Crippen molar-refractivity contribution in [2.75, 3.05) is 6.54 Å². The van der Waals surface area contributed by atoms with E-state index in [4.69, 9.17) is 5.73 Å². The quantitative estimate of drug-likeness (QED) is 0.736. The lowest BCUT2D eigenvalue weighted by atomic mass is 9.84. The fourth-order valence-electron chi connectivity index (χ4n) is 2.50. The topological polar surface area (TPSA) is 55.1 Å². The third-order valence-corrected chi connectivity index (χ3v) is 2.90. The van der Waals surface area contributed by atoms with Crippen LogP contribution in [0.1, 0.15) is 60.8 Å². The van der Waals surface area contributed by atoms with Crippen molar-refractivity contribution >= 4 is 5.91 Å². The second kappa shape index (κ2) is 7.78. The zero-order valence-electron chi connectivity index (χ0n) is 13.0. The van der Waals surface area contributed by atoms with Crippen LogP contribution >= 0.6 is 0 Å². The maximum atomic E-state index is 11.9. The molecule has 2 unspecified atom stereocenters. The van der Waals surface area contributed by atoms with Crippen LogP contribution in [0.25, 0.3) is 0 Å².